The number of hydrogen-bond donors (Lipinski definition) is 1. The molecule has 5 rings (SSSR count). The third-order valence-electron chi connectivity index (χ3n) is 11.4. The number of rotatable bonds is 11. The zero-order chi connectivity index (χ0) is 26.6. The van der Waals surface area contributed by atoms with Crippen molar-refractivity contribution in [3.63, 3.8) is 0 Å². The number of carboxylic acids is 1. The lowest BCUT2D eigenvalue weighted by atomic mass is 9.41. The van der Waals surface area contributed by atoms with Crippen LogP contribution in [-0.4, -0.2) is 11.1 Å². The Kier molecular flexibility index (Phi) is 8.38. The van der Waals surface area contributed by atoms with E-state index in [-0.39, 0.29) is 16.5 Å². The van der Waals surface area contributed by atoms with E-state index in [1.807, 2.05) is 0 Å². The molecule has 0 radical (unpaired) electrons. The molecule has 0 heterocycles. The Hall–Kier alpha value is -2.33. The summed E-state index contributed by atoms with van der Waals surface area (Å²) in [5, 5.41) is 30.1. The molecule has 1 N–H and O–H groups in total. The molecular weight excluding hydrogens is 456 g/mol. The fraction of sp³-hybridized carbons (Fsp3) is 0.727. The predicted octanol–water partition coefficient (Wildman–Crippen LogP) is 8.81. The molecule has 0 saturated heterocycles. The smallest absolute Gasteiger partial charge is 0.314 e. The van der Waals surface area contributed by atoms with Crippen molar-refractivity contribution in [3.8, 4) is 12.1 Å². The fourth-order valence-electron chi connectivity index (χ4n) is 8.86. The molecule has 4 heteroatoms. The average Bonchev–Trinajstić information content (AvgIpc) is 2.94. The SMILES string of the molecule is CCCCCC12CCC(C3(CCCCC)CCC(C(=O)O)(c4cccc(C#N)c4C#N)CC3)(CC1)CC2. The number of carbonyl (C=O) groups is 1. The summed E-state index contributed by atoms with van der Waals surface area (Å²) < 4.78 is 0. The largest absolute Gasteiger partial charge is 0.481 e. The van der Waals surface area contributed by atoms with Crippen molar-refractivity contribution in [2.24, 2.45) is 16.2 Å². The van der Waals surface area contributed by atoms with Gasteiger partial charge in [-0.2, -0.15) is 10.5 Å². The van der Waals surface area contributed by atoms with Gasteiger partial charge in [-0.25, -0.2) is 0 Å². The van der Waals surface area contributed by atoms with Gasteiger partial charge in [0.05, 0.1) is 16.5 Å². The Morgan fingerprint density at radius 1 is 0.811 bits per heavy atom. The summed E-state index contributed by atoms with van der Waals surface area (Å²) in [6, 6.07) is 9.47. The van der Waals surface area contributed by atoms with Gasteiger partial charge in [0.15, 0.2) is 0 Å². The first kappa shape index (κ1) is 27.7. The molecule has 4 nitrogen and oxygen atoms in total. The lowest BCUT2D eigenvalue weighted by Gasteiger charge is -2.64. The highest BCUT2D eigenvalue weighted by atomic mass is 16.4. The molecular formula is C33H46N2O2. The van der Waals surface area contributed by atoms with Gasteiger partial charge in [0, 0.05) is 0 Å². The van der Waals surface area contributed by atoms with Gasteiger partial charge in [-0.05, 0) is 105 Å². The summed E-state index contributed by atoms with van der Waals surface area (Å²) in [5.74, 6) is -0.832. The molecule has 1 aromatic rings. The molecule has 4 fully saturated rings. The Balaban J connectivity index is 1.62. The molecule has 0 aliphatic heterocycles. The van der Waals surface area contributed by atoms with Crippen LogP contribution in [0, 0.1) is 38.9 Å². The lowest BCUT2D eigenvalue weighted by Crippen LogP contribution is -2.55. The second kappa shape index (κ2) is 11.2. The molecule has 4 aliphatic rings. The molecule has 0 aromatic heterocycles. The van der Waals surface area contributed by atoms with Crippen LogP contribution in [-0.2, 0) is 10.2 Å². The zero-order valence-electron chi connectivity index (χ0n) is 23.2. The number of carboxylic acid groups (broad SMARTS) is 1. The van der Waals surface area contributed by atoms with Crippen LogP contribution in [0.4, 0.5) is 0 Å². The molecule has 0 amide bonds. The fourth-order valence-corrected chi connectivity index (χ4v) is 8.86. The van der Waals surface area contributed by atoms with E-state index in [9.17, 15) is 20.4 Å². The minimum atomic E-state index is -1.07. The summed E-state index contributed by atoms with van der Waals surface area (Å²) in [6.07, 6.45) is 21.3. The van der Waals surface area contributed by atoms with Gasteiger partial charge >= 0.3 is 5.97 Å². The maximum Gasteiger partial charge on any atom is 0.314 e. The van der Waals surface area contributed by atoms with E-state index in [4.69, 9.17) is 0 Å². The molecule has 0 atom stereocenters. The number of nitriles is 2. The van der Waals surface area contributed by atoms with Crippen LogP contribution in [0.3, 0.4) is 0 Å². The van der Waals surface area contributed by atoms with Crippen LogP contribution in [0.1, 0.15) is 146 Å². The van der Waals surface area contributed by atoms with Crippen LogP contribution in [0.25, 0.3) is 0 Å². The summed E-state index contributed by atoms with van der Waals surface area (Å²) in [7, 11) is 0. The highest BCUT2D eigenvalue weighted by Gasteiger charge is 2.60. The Labute approximate surface area is 224 Å². The predicted molar refractivity (Wildman–Crippen MR) is 147 cm³/mol. The van der Waals surface area contributed by atoms with Crippen LogP contribution < -0.4 is 0 Å². The molecule has 4 saturated carbocycles. The standard InChI is InChI=1S/C33H46N2O2/c1-3-5-7-12-30-14-17-32(18-15-30,19-16-30)31(13-8-6-4-2)20-22-33(23-21-31,29(36)37)28-11-9-10-26(24-34)27(28)25-35/h9-11H,3-8,12-23H2,1-2H3,(H,36,37). The van der Waals surface area contributed by atoms with Crippen molar-refractivity contribution in [2.45, 2.75) is 135 Å². The molecule has 4 aliphatic carbocycles. The van der Waals surface area contributed by atoms with Gasteiger partial charge in [0.2, 0.25) is 0 Å². The van der Waals surface area contributed by atoms with Crippen molar-refractivity contribution in [3.05, 3.63) is 34.9 Å². The van der Waals surface area contributed by atoms with E-state index in [2.05, 4.69) is 26.0 Å². The highest BCUT2D eigenvalue weighted by molar-refractivity contribution is 5.83. The molecule has 1 aromatic carbocycles. The minimum absolute atomic E-state index is 0.205. The van der Waals surface area contributed by atoms with Gasteiger partial charge in [-0.3, -0.25) is 4.79 Å². The second-order valence-corrected chi connectivity index (χ2v) is 12.8. The Bertz CT molecular complexity index is 1030. The average molecular weight is 503 g/mol. The topological polar surface area (TPSA) is 84.9 Å². The molecule has 200 valence electrons. The Morgan fingerprint density at radius 3 is 1.92 bits per heavy atom. The number of fused-ring (bicyclic) bond motifs is 3. The first-order chi connectivity index (χ1) is 17.9. The molecule has 0 unspecified atom stereocenters. The molecule has 0 spiro atoms. The van der Waals surface area contributed by atoms with Gasteiger partial charge in [0.1, 0.15) is 12.1 Å². The maximum absolute atomic E-state index is 12.9. The maximum atomic E-state index is 12.9. The number of unbranched alkanes of at least 4 members (excludes halogenated alkanes) is 4. The van der Waals surface area contributed by atoms with Gasteiger partial charge < -0.3 is 5.11 Å². The van der Waals surface area contributed by atoms with Gasteiger partial charge in [-0.15, -0.1) is 0 Å². The van der Waals surface area contributed by atoms with Crippen LogP contribution in [0.2, 0.25) is 0 Å². The summed E-state index contributed by atoms with van der Waals surface area (Å²) in [5.41, 5.74) is 1.16. The molecule has 2 bridgehead atoms. The van der Waals surface area contributed by atoms with Crippen LogP contribution >= 0.6 is 0 Å². The lowest BCUT2D eigenvalue weighted by molar-refractivity contribution is -0.154. The van der Waals surface area contributed by atoms with Crippen LogP contribution in [0.15, 0.2) is 18.2 Å². The highest BCUT2D eigenvalue weighted by Crippen LogP contribution is 2.70. The Morgan fingerprint density at radius 2 is 1.41 bits per heavy atom. The third kappa shape index (κ3) is 4.82. The van der Waals surface area contributed by atoms with Crippen LogP contribution in [0.5, 0.6) is 0 Å². The number of benzene rings is 1. The van der Waals surface area contributed by atoms with E-state index < -0.39 is 11.4 Å². The quantitative estimate of drug-likeness (QED) is 0.306. The van der Waals surface area contributed by atoms with E-state index in [1.165, 1.54) is 89.9 Å². The van der Waals surface area contributed by atoms with Crippen molar-refractivity contribution in [1.29, 1.82) is 10.5 Å². The van der Waals surface area contributed by atoms with E-state index in [0.717, 1.165) is 12.8 Å². The molecule has 37 heavy (non-hydrogen) atoms. The van der Waals surface area contributed by atoms with E-state index in [1.54, 1.807) is 18.2 Å². The summed E-state index contributed by atoms with van der Waals surface area (Å²) >= 11 is 0. The van der Waals surface area contributed by atoms with E-state index in [0.29, 0.717) is 29.2 Å². The number of nitrogens with zero attached hydrogens (tertiary/aromatic N) is 2. The van der Waals surface area contributed by atoms with Crippen molar-refractivity contribution >= 4 is 5.97 Å². The normalized spacial score (nSPS) is 33.0. The number of hydrogen-bond acceptors (Lipinski definition) is 3. The minimum Gasteiger partial charge on any atom is -0.481 e. The zero-order valence-corrected chi connectivity index (χ0v) is 23.2. The van der Waals surface area contributed by atoms with Gasteiger partial charge in [-0.1, -0.05) is 64.5 Å². The van der Waals surface area contributed by atoms with E-state index >= 15 is 0 Å². The summed E-state index contributed by atoms with van der Waals surface area (Å²) in [4.78, 5) is 12.9. The third-order valence-corrected chi connectivity index (χ3v) is 11.4. The summed E-state index contributed by atoms with van der Waals surface area (Å²) in [6.45, 7) is 4.56. The first-order valence-electron chi connectivity index (χ1n) is 15.0. The van der Waals surface area contributed by atoms with Crippen molar-refractivity contribution in [2.75, 3.05) is 0 Å². The monoisotopic (exact) mass is 502 g/mol. The van der Waals surface area contributed by atoms with Crippen molar-refractivity contribution in [1.82, 2.24) is 0 Å². The number of aliphatic carboxylic acids is 1. The van der Waals surface area contributed by atoms with Gasteiger partial charge in [0.25, 0.3) is 0 Å². The van der Waals surface area contributed by atoms with Crippen molar-refractivity contribution < 1.29 is 9.90 Å². The second-order valence-electron chi connectivity index (χ2n) is 12.8. The first-order valence-corrected chi connectivity index (χ1v) is 15.0.